The average molecular weight is 350 g/mol. The maximum Gasteiger partial charge on any atom is 0.255 e. The summed E-state index contributed by atoms with van der Waals surface area (Å²) >= 11 is 0. The molecule has 136 valence electrons. The third kappa shape index (κ3) is 4.02. The number of nitrogens with one attached hydrogen (secondary N) is 2. The molecule has 0 spiro atoms. The van der Waals surface area contributed by atoms with Gasteiger partial charge < -0.3 is 10.6 Å². The van der Waals surface area contributed by atoms with Gasteiger partial charge in [-0.15, -0.1) is 0 Å². The van der Waals surface area contributed by atoms with Gasteiger partial charge >= 0.3 is 0 Å². The van der Waals surface area contributed by atoms with Crippen molar-refractivity contribution >= 4 is 17.4 Å². The van der Waals surface area contributed by atoms with Gasteiger partial charge in [-0.05, 0) is 62.7 Å². The summed E-state index contributed by atoms with van der Waals surface area (Å²) in [5, 5.41) is 6.19. The van der Waals surface area contributed by atoms with E-state index in [0.29, 0.717) is 16.8 Å². The van der Waals surface area contributed by atoms with Crippen LogP contribution in [0.15, 0.2) is 48.5 Å². The molecule has 0 aromatic heterocycles. The number of benzene rings is 2. The summed E-state index contributed by atoms with van der Waals surface area (Å²) in [4.78, 5) is 25.2. The highest BCUT2D eigenvalue weighted by Gasteiger charge is 2.30. The lowest BCUT2D eigenvalue weighted by molar-refractivity contribution is 0.0856. The average Bonchev–Trinajstić information content (AvgIpc) is 2.68. The van der Waals surface area contributed by atoms with Crippen LogP contribution in [0.5, 0.6) is 0 Å². The summed E-state index contributed by atoms with van der Waals surface area (Å²) in [6.45, 7) is 1.92. The molecule has 2 N–H and O–H groups in total. The first-order valence-corrected chi connectivity index (χ1v) is 9.28. The van der Waals surface area contributed by atoms with Crippen LogP contribution < -0.4 is 10.6 Å². The number of Topliss-reactive ketones (excluding diaryl/α,β-unsaturated/α-hetero) is 1. The van der Waals surface area contributed by atoms with Gasteiger partial charge in [0, 0.05) is 28.8 Å². The van der Waals surface area contributed by atoms with Gasteiger partial charge in [-0.2, -0.15) is 0 Å². The second kappa shape index (κ2) is 8.28. The molecule has 26 heavy (non-hydrogen) atoms. The van der Waals surface area contributed by atoms with E-state index in [1.165, 1.54) is 6.42 Å². The van der Waals surface area contributed by atoms with Crippen LogP contribution in [0.4, 0.5) is 5.69 Å². The minimum Gasteiger partial charge on any atom is -0.322 e. The maximum absolute atomic E-state index is 12.8. The summed E-state index contributed by atoms with van der Waals surface area (Å²) in [6, 6.07) is 15.0. The Morgan fingerprint density at radius 1 is 0.962 bits per heavy atom. The van der Waals surface area contributed by atoms with Crippen molar-refractivity contribution < 1.29 is 9.59 Å². The Kier molecular flexibility index (Phi) is 5.84. The third-order valence-corrected chi connectivity index (χ3v) is 5.29. The van der Waals surface area contributed by atoms with E-state index >= 15 is 0 Å². The molecule has 0 bridgehead atoms. The zero-order valence-corrected chi connectivity index (χ0v) is 15.4. The first kappa shape index (κ1) is 18.3. The Morgan fingerprint density at radius 2 is 1.65 bits per heavy atom. The summed E-state index contributed by atoms with van der Waals surface area (Å²) < 4.78 is 0. The number of rotatable bonds is 5. The van der Waals surface area contributed by atoms with Gasteiger partial charge in [-0.25, -0.2) is 0 Å². The normalized spacial score (nSPS) is 19.8. The number of aryl methyl sites for hydroxylation is 1. The third-order valence-electron chi connectivity index (χ3n) is 5.29. The van der Waals surface area contributed by atoms with Crippen LogP contribution in [0.2, 0.25) is 0 Å². The molecule has 2 aromatic carbocycles. The molecular weight excluding hydrogens is 324 g/mol. The van der Waals surface area contributed by atoms with Crippen molar-refractivity contribution in [2.75, 3.05) is 12.4 Å². The van der Waals surface area contributed by atoms with Crippen molar-refractivity contribution in [1.29, 1.82) is 0 Å². The molecule has 0 radical (unpaired) electrons. The number of ketones is 1. The van der Waals surface area contributed by atoms with Gasteiger partial charge in [0.2, 0.25) is 0 Å². The zero-order chi connectivity index (χ0) is 18.5. The molecule has 1 saturated carbocycles. The van der Waals surface area contributed by atoms with Gasteiger partial charge in [-0.3, -0.25) is 9.59 Å². The van der Waals surface area contributed by atoms with Crippen LogP contribution in [0.25, 0.3) is 0 Å². The fraction of sp³-hybridized carbons (Fsp3) is 0.364. The Balaban J connectivity index is 1.69. The molecule has 4 nitrogen and oxygen atoms in total. The quantitative estimate of drug-likeness (QED) is 0.794. The van der Waals surface area contributed by atoms with Gasteiger partial charge in [0.25, 0.3) is 5.91 Å². The fourth-order valence-electron chi connectivity index (χ4n) is 3.75. The summed E-state index contributed by atoms with van der Waals surface area (Å²) in [7, 11) is 1.93. The van der Waals surface area contributed by atoms with Crippen molar-refractivity contribution in [2.24, 2.45) is 5.92 Å². The molecule has 4 heteroatoms. The predicted octanol–water partition coefficient (Wildman–Crippen LogP) is 4.21. The van der Waals surface area contributed by atoms with Gasteiger partial charge in [0.1, 0.15) is 0 Å². The molecule has 0 aliphatic heterocycles. The molecule has 1 aliphatic carbocycles. The molecule has 0 heterocycles. The molecule has 1 amide bonds. The van der Waals surface area contributed by atoms with Crippen molar-refractivity contribution in [1.82, 2.24) is 5.32 Å². The lowest BCUT2D eigenvalue weighted by atomic mass is 9.80. The highest BCUT2D eigenvalue weighted by Crippen LogP contribution is 2.28. The highest BCUT2D eigenvalue weighted by atomic mass is 16.1. The summed E-state index contributed by atoms with van der Waals surface area (Å²) in [5.74, 6) is 0.103. The maximum atomic E-state index is 12.8. The number of carbonyl (C=O) groups is 2. The van der Waals surface area contributed by atoms with E-state index in [9.17, 15) is 9.59 Å². The number of hydrogen-bond acceptors (Lipinski definition) is 3. The van der Waals surface area contributed by atoms with Gasteiger partial charge in [-0.1, -0.05) is 31.0 Å². The molecule has 1 fully saturated rings. The van der Waals surface area contributed by atoms with E-state index in [1.807, 2.05) is 50.4 Å². The largest absolute Gasteiger partial charge is 0.322 e. The second-order valence-corrected chi connectivity index (χ2v) is 7.00. The first-order chi connectivity index (χ1) is 12.6. The SMILES string of the molecule is CNC1CCCCC1C(=O)c1ccc(NC(=O)c2ccccc2C)cc1. The topological polar surface area (TPSA) is 58.2 Å². The number of amides is 1. The molecule has 2 aromatic rings. The molecular formula is C22H26N2O2. The molecule has 3 rings (SSSR count). The van der Waals surface area contributed by atoms with Crippen LogP contribution >= 0.6 is 0 Å². The molecule has 0 saturated heterocycles. The van der Waals surface area contributed by atoms with E-state index in [0.717, 1.165) is 24.8 Å². The Morgan fingerprint density at radius 3 is 2.35 bits per heavy atom. The van der Waals surface area contributed by atoms with Gasteiger partial charge in [0.05, 0.1) is 0 Å². The Hall–Kier alpha value is -2.46. The van der Waals surface area contributed by atoms with Crippen LogP contribution in [0.1, 0.15) is 52.0 Å². The number of anilines is 1. The minimum atomic E-state index is -0.135. The number of hydrogen-bond donors (Lipinski definition) is 2. The van der Waals surface area contributed by atoms with E-state index in [4.69, 9.17) is 0 Å². The van der Waals surface area contributed by atoms with Crippen molar-refractivity contribution in [3.63, 3.8) is 0 Å². The number of carbonyl (C=O) groups excluding carboxylic acids is 2. The van der Waals surface area contributed by atoms with E-state index in [1.54, 1.807) is 12.1 Å². The van der Waals surface area contributed by atoms with Crippen LogP contribution in [-0.2, 0) is 0 Å². The smallest absolute Gasteiger partial charge is 0.255 e. The van der Waals surface area contributed by atoms with Crippen LogP contribution in [0, 0.1) is 12.8 Å². The van der Waals surface area contributed by atoms with Crippen LogP contribution in [0.3, 0.4) is 0 Å². The van der Waals surface area contributed by atoms with Crippen molar-refractivity contribution in [2.45, 2.75) is 38.6 Å². The fourth-order valence-corrected chi connectivity index (χ4v) is 3.75. The van der Waals surface area contributed by atoms with E-state index in [2.05, 4.69) is 10.6 Å². The minimum absolute atomic E-state index is 0.0427. The Labute approximate surface area is 155 Å². The lowest BCUT2D eigenvalue weighted by Gasteiger charge is -2.30. The summed E-state index contributed by atoms with van der Waals surface area (Å²) in [5.41, 5.74) is 3.01. The lowest BCUT2D eigenvalue weighted by Crippen LogP contribution is -2.40. The van der Waals surface area contributed by atoms with Crippen molar-refractivity contribution in [3.05, 3.63) is 65.2 Å². The zero-order valence-electron chi connectivity index (χ0n) is 15.4. The van der Waals surface area contributed by atoms with E-state index < -0.39 is 0 Å². The molecule has 2 atom stereocenters. The molecule has 2 unspecified atom stereocenters. The standard InChI is InChI=1S/C22H26N2O2/c1-15-7-3-4-8-18(15)22(26)24-17-13-11-16(12-14-17)21(25)19-9-5-6-10-20(19)23-2/h3-4,7-8,11-14,19-20,23H,5-6,9-10H2,1-2H3,(H,24,26). The van der Waals surface area contributed by atoms with Crippen molar-refractivity contribution in [3.8, 4) is 0 Å². The monoisotopic (exact) mass is 350 g/mol. The van der Waals surface area contributed by atoms with Crippen LogP contribution in [-0.4, -0.2) is 24.8 Å². The van der Waals surface area contributed by atoms with Gasteiger partial charge in [0.15, 0.2) is 5.78 Å². The van der Waals surface area contributed by atoms with E-state index in [-0.39, 0.29) is 23.7 Å². The first-order valence-electron chi connectivity index (χ1n) is 9.28. The Bertz CT molecular complexity index is 783. The predicted molar refractivity (Wildman–Crippen MR) is 105 cm³/mol. The summed E-state index contributed by atoms with van der Waals surface area (Å²) in [6.07, 6.45) is 4.28. The molecule has 1 aliphatic rings. The second-order valence-electron chi connectivity index (χ2n) is 7.00. The highest BCUT2D eigenvalue weighted by molar-refractivity contribution is 6.05.